The third-order valence-corrected chi connectivity index (χ3v) is 6.98. The lowest BCUT2D eigenvalue weighted by molar-refractivity contribution is -0.920. The number of aromatic nitrogens is 4. The van der Waals surface area contributed by atoms with E-state index in [1.807, 2.05) is 14.1 Å². The molecule has 0 radical (unpaired) electrons. The van der Waals surface area contributed by atoms with Gasteiger partial charge in [0.1, 0.15) is 13.1 Å². The van der Waals surface area contributed by atoms with Gasteiger partial charge in [-0.05, 0) is 26.2 Å². The van der Waals surface area contributed by atoms with Crippen molar-refractivity contribution in [2.24, 2.45) is 0 Å². The Bertz CT molecular complexity index is 937. The Balaban J connectivity index is 2.38. The van der Waals surface area contributed by atoms with Crippen LogP contribution in [0.2, 0.25) is 0 Å². The lowest BCUT2D eigenvalue weighted by Gasteiger charge is -2.33. The van der Waals surface area contributed by atoms with E-state index in [1.165, 1.54) is 12.7 Å². The first-order valence-corrected chi connectivity index (χ1v) is 13.3. The summed E-state index contributed by atoms with van der Waals surface area (Å²) in [6, 6.07) is 0. The molecule has 2 rings (SSSR count). The van der Waals surface area contributed by atoms with E-state index in [4.69, 9.17) is 34.8 Å². The van der Waals surface area contributed by atoms with Crippen LogP contribution in [0.15, 0.2) is 12.7 Å². The highest BCUT2D eigenvalue weighted by atomic mass is 35.5. The zero-order chi connectivity index (χ0) is 26.9. The molecule has 0 N–H and O–H groups in total. The Labute approximate surface area is 225 Å². The third-order valence-electron chi connectivity index (χ3n) is 6.48. The SMILES string of the molecule is CCC[N+](C)(CCCl)Cc1c([N+](=O)[O-])ncn1CCn1cnc([N+](=O)[O-])c1C[N+](C)(CCCl)CCCl. The van der Waals surface area contributed by atoms with Gasteiger partial charge in [-0.15, -0.1) is 34.8 Å². The van der Waals surface area contributed by atoms with Crippen LogP contribution in [-0.4, -0.2) is 95.8 Å². The molecule has 0 saturated heterocycles. The maximum Gasteiger partial charge on any atom is 0.390 e. The normalized spacial score (nSPS) is 13.6. The Morgan fingerprint density at radius 2 is 1.14 bits per heavy atom. The van der Waals surface area contributed by atoms with Gasteiger partial charge in [0.2, 0.25) is 12.7 Å². The number of aryl methyl sites for hydroxylation is 2. The van der Waals surface area contributed by atoms with E-state index in [0.717, 1.165) is 13.0 Å². The topological polar surface area (TPSA) is 122 Å². The van der Waals surface area contributed by atoms with E-state index in [2.05, 4.69) is 16.9 Å². The number of nitrogens with zero attached hydrogens (tertiary/aromatic N) is 8. The number of imidazole rings is 2. The molecule has 0 fully saturated rings. The van der Waals surface area contributed by atoms with E-state index in [-0.39, 0.29) is 11.6 Å². The van der Waals surface area contributed by atoms with Gasteiger partial charge in [-0.3, -0.25) is 0 Å². The van der Waals surface area contributed by atoms with Crippen molar-refractivity contribution in [1.82, 2.24) is 19.1 Å². The molecule has 0 amide bonds. The summed E-state index contributed by atoms with van der Waals surface area (Å²) >= 11 is 18.0. The van der Waals surface area contributed by atoms with Crippen molar-refractivity contribution in [3.8, 4) is 0 Å². The van der Waals surface area contributed by atoms with Gasteiger partial charge in [-0.25, -0.2) is 0 Å². The fourth-order valence-electron chi connectivity index (χ4n) is 4.44. The predicted molar refractivity (Wildman–Crippen MR) is 139 cm³/mol. The third kappa shape index (κ3) is 7.75. The van der Waals surface area contributed by atoms with Crippen molar-refractivity contribution in [3.63, 3.8) is 0 Å². The van der Waals surface area contributed by atoms with E-state index in [1.54, 1.807) is 9.13 Å². The second kappa shape index (κ2) is 13.5. The quantitative estimate of drug-likeness (QED) is 0.124. The van der Waals surface area contributed by atoms with Crippen LogP contribution in [-0.2, 0) is 26.2 Å². The number of hydrogen-bond donors (Lipinski definition) is 0. The molecule has 36 heavy (non-hydrogen) atoms. The summed E-state index contributed by atoms with van der Waals surface area (Å²) in [4.78, 5) is 30.5. The minimum Gasteiger partial charge on any atom is -0.358 e. The maximum atomic E-state index is 11.7. The predicted octanol–water partition coefficient (Wildman–Crippen LogP) is 3.62. The highest BCUT2D eigenvalue weighted by Crippen LogP contribution is 2.25. The van der Waals surface area contributed by atoms with Crippen molar-refractivity contribution in [1.29, 1.82) is 0 Å². The summed E-state index contributed by atoms with van der Waals surface area (Å²) in [6.07, 6.45) is 3.80. The molecule has 0 saturated carbocycles. The van der Waals surface area contributed by atoms with Gasteiger partial charge in [0.25, 0.3) is 0 Å². The lowest BCUT2D eigenvalue weighted by atomic mass is 10.2. The summed E-state index contributed by atoms with van der Waals surface area (Å²) in [5.74, 6) is 0.801. The lowest BCUT2D eigenvalue weighted by Crippen LogP contribution is -2.46. The number of hydrogen-bond acceptors (Lipinski definition) is 6. The number of quaternary nitrogens is 2. The fraction of sp³-hybridized carbons (Fsp3) is 0.714. The highest BCUT2D eigenvalue weighted by Gasteiger charge is 2.33. The second-order valence-corrected chi connectivity index (χ2v) is 10.6. The van der Waals surface area contributed by atoms with Gasteiger partial charge >= 0.3 is 11.6 Å². The van der Waals surface area contributed by atoms with Gasteiger partial charge in [-0.1, -0.05) is 6.92 Å². The number of alkyl halides is 3. The van der Waals surface area contributed by atoms with E-state index in [0.29, 0.717) is 83.8 Å². The summed E-state index contributed by atoms with van der Waals surface area (Å²) in [5, 5.41) is 23.4. The molecule has 2 aromatic rings. The molecule has 2 aromatic heterocycles. The Morgan fingerprint density at radius 1 is 0.778 bits per heavy atom. The summed E-state index contributed by atoms with van der Waals surface area (Å²) in [7, 11) is 3.98. The zero-order valence-electron chi connectivity index (χ0n) is 21.0. The molecular formula is C21H35Cl3N8O4+2. The molecule has 0 aliphatic rings. The number of nitro groups is 2. The van der Waals surface area contributed by atoms with E-state index < -0.39 is 9.85 Å². The first-order valence-electron chi connectivity index (χ1n) is 11.7. The summed E-state index contributed by atoms with van der Waals surface area (Å²) < 4.78 is 4.44. The second-order valence-electron chi connectivity index (χ2n) is 9.45. The number of halogens is 3. The van der Waals surface area contributed by atoms with Crippen molar-refractivity contribution in [3.05, 3.63) is 44.3 Å². The molecule has 1 atom stereocenters. The minimum absolute atomic E-state index is 0.185. The van der Waals surface area contributed by atoms with Crippen LogP contribution in [0.4, 0.5) is 11.6 Å². The molecule has 202 valence electrons. The van der Waals surface area contributed by atoms with Gasteiger partial charge < -0.3 is 38.3 Å². The first-order chi connectivity index (χ1) is 17.0. The molecule has 1 unspecified atom stereocenters. The van der Waals surface area contributed by atoms with E-state index in [9.17, 15) is 20.2 Å². The summed E-state index contributed by atoms with van der Waals surface area (Å²) in [5.41, 5.74) is 0.963. The Kier molecular flexibility index (Phi) is 11.4. The molecular weight excluding hydrogens is 535 g/mol. The number of rotatable bonds is 17. The van der Waals surface area contributed by atoms with Crippen LogP contribution in [0, 0.1) is 20.2 Å². The average molecular weight is 570 g/mol. The first kappa shape index (κ1) is 30.2. The van der Waals surface area contributed by atoms with Crippen LogP contribution in [0.5, 0.6) is 0 Å². The van der Waals surface area contributed by atoms with Gasteiger partial charge in [0, 0.05) is 13.1 Å². The largest absolute Gasteiger partial charge is 0.390 e. The van der Waals surface area contributed by atoms with E-state index >= 15 is 0 Å². The van der Waals surface area contributed by atoms with Crippen LogP contribution in [0.3, 0.4) is 0 Å². The van der Waals surface area contributed by atoms with Crippen LogP contribution >= 0.6 is 34.8 Å². The minimum atomic E-state index is -0.495. The molecule has 0 aliphatic heterocycles. The maximum absolute atomic E-state index is 11.7. The van der Waals surface area contributed by atoms with Crippen LogP contribution < -0.4 is 0 Å². The molecule has 0 aromatic carbocycles. The standard InChI is InChI=1S/C21H35Cl3N8O4/c1-4-10-31(2,11-5-22)14-18-20(29(33)34)25-16-27(18)8-9-28-17-26-21(30(35)36)19(28)15-32(3,12-6-23)13-7-24/h16-17H,4-15H2,1-3H3/q+2. The van der Waals surface area contributed by atoms with Gasteiger partial charge in [-0.2, -0.15) is 0 Å². The molecule has 12 nitrogen and oxygen atoms in total. The molecule has 0 aliphatic carbocycles. The van der Waals surface area contributed by atoms with Gasteiger partial charge in [0.05, 0.1) is 57.9 Å². The fourth-order valence-corrected chi connectivity index (χ4v) is 5.66. The van der Waals surface area contributed by atoms with Crippen LogP contribution in [0.25, 0.3) is 0 Å². The van der Waals surface area contributed by atoms with Crippen molar-refractivity contribution < 1.29 is 18.8 Å². The highest BCUT2D eigenvalue weighted by molar-refractivity contribution is 6.18. The molecule has 0 spiro atoms. The smallest absolute Gasteiger partial charge is 0.358 e. The Hall–Kier alpha value is -1.99. The Morgan fingerprint density at radius 3 is 1.44 bits per heavy atom. The van der Waals surface area contributed by atoms with Crippen molar-refractivity contribution in [2.45, 2.75) is 39.5 Å². The summed E-state index contributed by atoms with van der Waals surface area (Å²) in [6.45, 7) is 6.08. The van der Waals surface area contributed by atoms with Crippen molar-refractivity contribution in [2.75, 3.05) is 57.9 Å². The molecule has 2 heterocycles. The van der Waals surface area contributed by atoms with Gasteiger partial charge in [0.15, 0.2) is 11.4 Å². The zero-order valence-corrected chi connectivity index (χ0v) is 23.3. The molecule has 15 heteroatoms. The average Bonchev–Trinajstić information content (AvgIpc) is 3.36. The van der Waals surface area contributed by atoms with Crippen LogP contribution in [0.1, 0.15) is 24.7 Å². The monoisotopic (exact) mass is 568 g/mol. The van der Waals surface area contributed by atoms with Crippen molar-refractivity contribution >= 4 is 46.4 Å². The molecule has 0 bridgehead atoms.